The summed E-state index contributed by atoms with van der Waals surface area (Å²) in [5.41, 5.74) is 5.55. The molecule has 0 aliphatic heterocycles. The van der Waals surface area contributed by atoms with Gasteiger partial charge in [0.05, 0.1) is 0 Å². The number of hydrogen-bond donors (Lipinski definition) is 1. The highest BCUT2D eigenvalue weighted by Gasteiger charge is 2.09. The van der Waals surface area contributed by atoms with Crippen LogP contribution in [0.15, 0.2) is 66.7 Å². The monoisotopic (exact) mass is 335 g/mol. The number of rotatable bonds is 3. The van der Waals surface area contributed by atoms with E-state index in [1.54, 1.807) is 12.1 Å². The van der Waals surface area contributed by atoms with E-state index in [4.69, 9.17) is 11.6 Å². The third-order valence-corrected chi connectivity index (χ3v) is 4.43. The van der Waals surface area contributed by atoms with Crippen LogP contribution in [0.1, 0.15) is 21.5 Å². The summed E-state index contributed by atoms with van der Waals surface area (Å²) >= 11 is 6.23. The van der Waals surface area contributed by atoms with E-state index in [9.17, 15) is 4.79 Å². The van der Waals surface area contributed by atoms with Crippen molar-refractivity contribution in [3.05, 3.63) is 88.4 Å². The molecule has 0 atom stereocenters. The highest BCUT2D eigenvalue weighted by atomic mass is 35.5. The first-order valence-corrected chi connectivity index (χ1v) is 8.16. The number of nitrogens with one attached hydrogen (secondary N) is 1. The van der Waals surface area contributed by atoms with Crippen LogP contribution in [-0.4, -0.2) is 5.91 Å². The van der Waals surface area contributed by atoms with Gasteiger partial charge in [-0.3, -0.25) is 4.79 Å². The Kier molecular flexibility index (Phi) is 4.68. The molecule has 24 heavy (non-hydrogen) atoms. The van der Waals surface area contributed by atoms with Crippen LogP contribution in [0.4, 0.5) is 5.69 Å². The van der Waals surface area contributed by atoms with E-state index in [1.165, 1.54) is 0 Å². The van der Waals surface area contributed by atoms with Gasteiger partial charge >= 0.3 is 0 Å². The SMILES string of the molecule is Cc1ccc(-c2ccc(C)c(NC(=O)c3ccccc3)c2)cc1Cl. The summed E-state index contributed by atoms with van der Waals surface area (Å²) in [6.07, 6.45) is 0. The number of hydrogen-bond acceptors (Lipinski definition) is 1. The van der Waals surface area contributed by atoms with Gasteiger partial charge in [0.2, 0.25) is 0 Å². The predicted molar refractivity (Wildman–Crippen MR) is 101 cm³/mol. The van der Waals surface area contributed by atoms with Crippen molar-refractivity contribution in [2.75, 3.05) is 5.32 Å². The molecule has 1 amide bonds. The summed E-state index contributed by atoms with van der Waals surface area (Å²) in [5, 5.41) is 3.73. The highest BCUT2D eigenvalue weighted by molar-refractivity contribution is 6.31. The Morgan fingerprint density at radius 2 is 1.46 bits per heavy atom. The van der Waals surface area contributed by atoms with E-state index in [0.29, 0.717) is 5.56 Å². The molecule has 0 saturated heterocycles. The van der Waals surface area contributed by atoms with Crippen LogP contribution in [0.2, 0.25) is 5.02 Å². The lowest BCUT2D eigenvalue weighted by Crippen LogP contribution is -2.12. The second kappa shape index (κ2) is 6.90. The number of benzene rings is 3. The standard InChI is InChI=1S/C21H18ClNO/c1-14-8-10-17(12-19(14)22)18-11-9-15(2)20(13-18)23-21(24)16-6-4-3-5-7-16/h3-13H,1-2H3,(H,23,24). The molecule has 0 aliphatic rings. The van der Waals surface area contributed by atoms with Gasteiger partial charge in [-0.1, -0.05) is 54.1 Å². The molecular formula is C21H18ClNO. The van der Waals surface area contributed by atoms with E-state index >= 15 is 0 Å². The van der Waals surface area contributed by atoms with Crippen molar-refractivity contribution >= 4 is 23.2 Å². The average molecular weight is 336 g/mol. The van der Waals surface area contributed by atoms with Gasteiger partial charge in [-0.2, -0.15) is 0 Å². The fourth-order valence-electron chi connectivity index (χ4n) is 2.49. The molecule has 2 nitrogen and oxygen atoms in total. The lowest BCUT2D eigenvalue weighted by Gasteiger charge is -2.12. The summed E-state index contributed by atoms with van der Waals surface area (Å²) < 4.78 is 0. The number of anilines is 1. The number of amides is 1. The minimum atomic E-state index is -0.113. The van der Waals surface area contributed by atoms with Crippen molar-refractivity contribution < 1.29 is 4.79 Å². The number of carbonyl (C=O) groups excluding carboxylic acids is 1. The largest absolute Gasteiger partial charge is 0.322 e. The maximum atomic E-state index is 12.4. The van der Waals surface area contributed by atoms with Gasteiger partial charge in [0.1, 0.15) is 0 Å². The number of halogens is 1. The maximum Gasteiger partial charge on any atom is 0.255 e. The summed E-state index contributed by atoms with van der Waals surface area (Å²) in [5.74, 6) is -0.113. The lowest BCUT2D eigenvalue weighted by atomic mass is 10.0. The molecule has 3 rings (SSSR count). The molecule has 0 aromatic heterocycles. The minimum absolute atomic E-state index is 0.113. The Labute approximate surface area is 147 Å². The molecule has 0 heterocycles. The lowest BCUT2D eigenvalue weighted by molar-refractivity contribution is 0.102. The zero-order valence-electron chi connectivity index (χ0n) is 13.6. The Balaban J connectivity index is 1.92. The van der Waals surface area contributed by atoms with E-state index in [1.807, 2.05) is 68.4 Å². The van der Waals surface area contributed by atoms with E-state index in [0.717, 1.165) is 33.0 Å². The zero-order chi connectivity index (χ0) is 17.1. The van der Waals surface area contributed by atoms with Crippen LogP contribution in [0.3, 0.4) is 0 Å². The van der Waals surface area contributed by atoms with Gasteiger partial charge in [-0.05, 0) is 60.4 Å². The summed E-state index contributed by atoms with van der Waals surface area (Å²) in [6, 6.07) is 21.2. The van der Waals surface area contributed by atoms with Crippen molar-refractivity contribution in [1.29, 1.82) is 0 Å². The predicted octanol–water partition coefficient (Wildman–Crippen LogP) is 5.88. The van der Waals surface area contributed by atoms with Crippen molar-refractivity contribution in [3.8, 4) is 11.1 Å². The number of aryl methyl sites for hydroxylation is 2. The smallest absolute Gasteiger partial charge is 0.255 e. The van der Waals surface area contributed by atoms with Crippen molar-refractivity contribution in [2.45, 2.75) is 13.8 Å². The van der Waals surface area contributed by atoms with Gasteiger partial charge in [0, 0.05) is 16.3 Å². The fraction of sp³-hybridized carbons (Fsp3) is 0.0952. The molecule has 120 valence electrons. The molecule has 0 saturated carbocycles. The Hall–Kier alpha value is -2.58. The molecule has 3 aromatic carbocycles. The molecular weight excluding hydrogens is 318 g/mol. The first-order valence-electron chi connectivity index (χ1n) is 7.78. The van der Waals surface area contributed by atoms with Gasteiger partial charge < -0.3 is 5.32 Å². The third kappa shape index (κ3) is 3.50. The van der Waals surface area contributed by atoms with Crippen LogP contribution in [0, 0.1) is 13.8 Å². The van der Waals surface area contributed by atoms with E-state index in [2.05, 4.69) is 5.32 Å². The minimum Gasteiger partial charge on any atom is -0.322 e. The molecule has 3 aromatic rings. The van der Waals surface area contributed by atoms with Gasteiger partial charge in [0.25, 0.3) is 5.91 Å². The Morgan fingerprint density at radius 1 is 0.833 bits per heavy atom. The topological polar surface area (TPSA) is 29.1 Å². The molecule has 1 N–H and O–H groups in total. The molecule has 0 bridgehead atoms. The van der Waals surface area contributed by atoms with Crippen LogP contribution in [-0.2, 0) is 0 Å². The molecule has 0 aliphatic carbocycles. The second-order valence-corrected chi connectivity index (χ2v) is 6.22. The normalized spacial score (nSPS) is 10.5. The van der Waals surface area contributed by atoms with E-state index in [-0.39, 0.29) is 5.91 Å². The van der Waals surface area contributed by atoms with Crippen LogP contribution < -0.4 is 5.32 Å². The van der Waals surface area contributed by atoms with E-state index < -0.39 is 0 Å². The van der Waals surface area contributed by atoms with Crippen LogP contribution >= 0.6 is 11.6 Å². The summed E-state index contributed by atoms with van der Waals surface area (Å²) in [4.78, 5) is 12.4. The first kappa shape index (κ1) is 16.3. The average Bonchev–Trinajstić information content (AvgIpc) is 2.60. The molecule has 0 radical (unpaired) electrons. The number of carbonyl (C=O) groups is 1. The maximum absolute atomic E-state index is 12.4. The van der Waals surface area contributed by atoms with Crippen LogP contribution in [0.5, 0.6) is 0 Å². The highest BCUT2D eigenvalue weighted by Crippen LogP contribution is 2.29. The second-order valence-electron chi connectivity index (χ2n) is 5.81. The first-order chi connectivity index (χ1) is 11.5. The van der Waals surface area contributed by atoms with Crippen molar-refractivity contribution in [1.82, 2.24) is 0 Å². The molecule has 0 spiro atoms. The van der Waals surface area contributed by atoms with Crippen LogP contribution in [0.25, 0.3) is 11.1 Å². The fourth-order valence-corrected chi connectivity index (χ4v) is 2.67. The Bertz CT molecular complexity index is 888. The van der Waals surface area contributed by atoms with Gasteiger partial charge in [0.15, 0.2) is 0 Å². The van der Waals surface area contributed by atoms with Crippen molar-refractivity contribution in [2.24, 2.45) is 0 Å². The Morgan fingerprint density at radius 3 is 2.12 bits per heavy atom. The summed E-state index contributed by atoms with van der Waals surface area (Å²) in [7, 11) is 0. The molecule has 3 heteroatoms. The third-order valence-electron chi connectivity index (χ3n) is 4.03. The quantitative estimate of drug-likeness (QED) is 0.636. The van der Waals surface area contributed by atoms with Crippen molar-refractivity contribution in [3.63, 3.8) is 0 Å². The summed E-state index contributed by atoms with van der Waals surface area (Å²) in [6.45, 7) is 3.96. The zero-order valence-corrected chi connectivity index (χ0v) is 14.4. The molecule has 0 unspecified atom stereocenters. The molecule has 0 fully saturated rings. The van der Waals surface area contributed by atoms with Gasteiger partial charge in [-0.25, -0.2) is 0 Å². The van der Waals surface area contributed by atoms with Gasteiger partial charge in [-0.15, -0.1) is 0 Å².